The van der Waals surface area contributed by atoms with Crippen LogP contribution >= 0.6 is 0 Å². The Morgan fingerprint density at radius 3 is 2.76 bits per heavy atom. The highest BCUT2D eigenvalue weighted by molar-refractivity contribution is 5.79. The van der Waals surface area contributed by atoms with Crippen LogP contribution < -0.4 is 10.6 Å². The van der Waals surface area contributed by atoms with Crippen molar-refractivity contribution in [1.82, 2.24) is 20.4 Å². The topological polar surface area (TPSA) is 54.2 Å². The average Bonchev–Trinajstić information content (AvgIpc) is 3.01. The monoisotopic (exact) mass is 291 g/mol. The number of aromatic nitrogens is 2. The number of nitrogens with one attached hydrogen (secondary N) is 2. The Kier molecular flexibility index (Phi) is 6.57. The SMILES string of the molecule is CN=C(NCCCn1cccn1)NCC1CCC(C)CC1. The zero-order chi connectivity index (χ0) is 14.9. The van der Waals surface area contributed by atoms with Gasteiger partial charge in [-0.3, -0.25) is 9.67 Å². The van der Waals surface area contributed by atoms with Crippen molar-refractivity contribution >= 4 is 5.96 Å². The summed E-state index contributed by atoms with van der Waals surface area (Å²) < 4.78 is 1.96. The second-order valence-corrected chi connectivity index (χ2v) is 6.13. The van der Waals surface area contributed by atoms with Crippen LogP contribution in [0.15, 0.2) is 23.5 Å². The van der Waals surface area contributed by atoms with Crippen LogP contribution in [0.25, 0.3) is 0 Å². The zero-order valence-electron chi connectivity index (χ0n) is 13.4. The fraction of sp³-hybridized carbons (Fsp3) is 0.750. The fourth-order valence-corrected chi connectivity index (χ4v) is 2.88. The van der Waals surface area contributed by atoms with Gasteiger partial charge in [0.25, 0.3) is 0 Å². The lowest BCUT2D eigenvalue weighted by Crippen LogP contribution is -2.40. The zero-order valence-corrected chi connectivity index (χ0v) is 13.4. The first kappa shape index (κ1) is 15.9. The quantitative estimate of drug-likeness (QED) is 0.480. The van der Waals surface area contributed by atoms with Crippen molar-refractivity contribution in [2.45, 2.75) is 45.6 Å². The van der Waals surface area contributed by atoms with Gasteiger partial charge in [0.15, 0.2) is 5.96 Å². The minimum absolute atomic E-state index is 0.809. The van der Waals surface area contributed by atoms with Crippen LogP contribution in [0.5, 0.6) is 0 Å². The van der Waals surface area contributed by atoms with Crippen molar-refractivity contribution < 1.29 is 0 Å². The Bertz CT molecular complexity index is 404. The van der Waals surface area contributed by atoms with E-state index in [0.717, 1.165) is 43.9 Å². The summed E-state index contributed by atoms with van der Waals surface area (Å²) in [4.78, 5) is 4.29. The Morgan fingerprint density at radius 2 is 2.10 bits per heavy atom. The van der Waals surface area contributed by atoms with Gasteiger partial charge in [-0.15, -0.1) is 0 Å². The smallest absolute Gasteiger partial charge is 0.190 e. The number of hydrogen-bond acceptors (Lipinski definition) is 2. The van der Waals surface area contributed by atoms with E-state index in [4.69, 9.17) is 0 Å². The van der Waals surface area contributed by atoms with Crippen molar-refractivity contribution in [1.29, 1.82) is 0 Å². The lowest BCUT2D eigenvalue weighted by molar-refractivity contribution is 0.289. The molecule has 0 amide bonds. The molecule has 1 heterocycles. The van der Waals surface area contributed by atoms with Gasteiger partial charge in [-0.05, 0) is 37.2 Å². The van der Waals surface area contributed by atoms with E-state index in [1.54, 1.807) is 0 Å². The van der Waals surface area contributed by atoms with E-state index >= 15 is 0 Å². The highest BCUT2D eigenvalue weighted by Crippen LogP contribution is 2.27. The molecule has 1 aromatic rings. The molecular formula is C16H29N5. The molecule has 1 aliphatic rings. The fourth-order valence-electron chi connectivity index (χ4n) is 2.88. The molecule has 5 nitrogen and oxygen atoms in total. The molecule has 1 aromatic heterocycles. The van der Waals surface area contributed by atoms with E-state index in [-0.39, 0.29) is 0 Å². The van der Waals surface area contributed by atoms with Gasteiger partial charge < -0.3 is 10.6 Å². The van der Waals surface area contributed by atoms with Crippen LogP contribution in [0.2, 0.25) is 0 Å². The number of aliphatic imine (C=N–C) groups is 1. The molecule has 2 N–H and O–H groups in total. The van der Waals surface area contributed by atoms with Gasteiger partial charge in [0.2, 0.25) is 0 Å². The van der Waals surface area contributed by atoms with Crippen LogP contribution in [-0.2, 0) is 6.54 Å². The lowest BCUT2D eigenvalue weighted by Gasteiger charge is -2.26. The Labute approximate surface area is 128 Å². The number of hydrogen-bond donors (Lipinski definition) is 2. The minimum Gasteiger partial charge on any atom is -0.356 e. The molecule has 1 saturated carbocycles. The van der Waals surface area contributed by atoms with Crippen LogP contribution in [0.3, 0.4) is 0 Å². The maximum Gasteiger partial charge on any atom is 0.190 e. The van der Waals surface area contributed by atoms with Crippen molar-refractivity contribution in [3.63, 3.8) is 0 Å². The summed E-state index contributed by atoms with van der Waals surface area (Å²) in [6.07, 6.45) is 10.3. The summed E-state index contributed by atoms with van der Waals surface area (Å²) in [5.74, 6) is 2.65. The second kappa shape index (κ2) is 8.70. The molecule has 5 heteroatoms. The van der Waals surface area contributed by atoms with Crippen LogP contribution in [-0.4, -0.2) is 35.9 Å². The Hall–Kier alpha value is -1.52. The molecule has 0 saturated heterocycles. The molecule has 118 valence electrons. The second-order valence-electron chi connectivity index (χ2n) is 6.13. The minimum atomic E-state index is 0.809. The van der Waals surface area contributed by atoms with E-state index in [2.05, 4.69) is 27.6 Å². The van der Waals surface area contributed by atoms with Gasteiger partial charge >= 0.3 is 0 Å². The largest absolute Gasteiger partial charge is 0.356 e. The number of rotatable bonds is 6. The first-order chi connectivity index (χ1) is 10.3. The normalized spacial score (nSPS) is 23.0. The van der Waals surface area contributed by atoms with Crippen molar-refractivity contribution in [2.75, 3.05) is 20.1 Å². The van der Waals surface area contributed by atoms with Gasteiger partial charge in [0, 0.05) is 39.1 Å². The first-order valence-corrected chi connectivity index (χ1v) is 8.20. The standard InChI is InChI=1S/C16H29N5/c1-14-5-7-15(8-6-14)13-19-16(17-2)18-9-3-11-21-12-4-10-20-21/h4,10,12,14-15H,3,5-9,11,13H2,1-2H3,(H2,17,18,19). The molecule has 0 spiro atoms. The van der Waals surface area contributed by atoms with Gasteiger partial charge in [-0.25, -0.2) is 0 Å². The average molecular weight is 291 g/mol. The maximum absolute atomic E-state index is 4.29. The molecule has 0 radical (unpaired) electrons. The summed E-state index contributed by atoms with van der Waals surface area (Å²) in [5.41, 5.74) is 0. The molecule has 0 atom stereocenters. The van der Waals surface area contributed by atoms with Crippen molar-refractivity contribution in [2.24, 2.45) is 16.8 Å². The molecule has 1 fully saturated rings. The maximum atomic E-state index is 4.29. The summed E-state index contributed by atoms with van der Waals surface area (Å²) in [7, 11) is 1.84. The summed E-state index contributed by atoms with van der Waals surface area (Å²) in [5, 5.41) is 11.0. The third-order valence-electron chi connectivity index (χ3n) is 4.33. The van der Waals surface area contributed by atoms with E-state index in [0.29, 0.717) is 0 Å². The Balaban J connectivity index is 1.57. The van der Waals surface area contributed by atoms with Crippen LogP contribution in [0.4, 0.5) is 0 Å². The molecule has 1 aliphatic carbocycles. The molecule has 0 unspecified atom stereocenters. The number of nitrogens with zero attached hydrogens (tertiary/aromatic N) is 3. The highest BCUT2D eigenvalue weighted by atomic mass is 15.3. The highest BCUT2D eigenvalue weighted by Gasteiger charge is 2.18. The molecule has 0 bridgehead atoms. The van der Waals surface area contributed by atoms with E-state index in [1.165, 1.54) is 25.7 Å². The van der Waals surface area contributed by atoms with Gasteiger partial charge in [0.05, 0.1) is 0 Å². The predicted molar refractivity (Wildman–Crippen MR) is 87.3 cm³/mol. The van der Waals surface area contributed by atoms with E-state index < -0.39 is 0 Å². The number of guanidine groups is 1. The van der Waals surface area contributed by atoms with E-state index in [9.17, 15) is 0 Å². The molecule has 0 aromatic carbocycles. The number of aryl methyl sites for hydroxylation is 1. The molecule has 0 aliphatic heterocycles. The van der Waals surface area contributed by atoms with E-state index in [1.807, 2.05) is 30.2 Å². The molecular weight excluding hydrogens is 262 g/mol. The summed E-state index contributed by atoms with van der Waals surface area (Å²) in [6, 6.07) is 1.96. The van der Waals surface area contributed by atoms with Crippen LogP contribution in [0, 0.1) is 11.8 Å². The summed E-state index contributed by atoms with van der Waals surface area (Å²) in [6.45, 7) is 5.27. The van der Waals surface area contributed by atoms with Crippen molar-refractivity contribution in [3.8, 4) is 0 Å². The molecule has 21 heavy (non-hydrogen) atoms. The summed E-state index contributed by atoms with van der Waals surface area (Å²) >= 11 is 0. The van der Waals surface area contributed by atoms with Gasteiger partial charge in [0.1, 0.15) is 0 Å². The van der Waals surface area contributed by atoms with Crippen molar-refractivity contribution in [3.05, 3.63) is 18.5 Å². The molecule has 2 rings (SSSR count). The van der Waals surface area contributed by atoms with Gasteiger partial charge in [-0.1, -0.05) is 19.8 Å². The third-order valence-corrected chi connectivity index (χ3v) is 4.33. The van der Waals surface area contributed by atoms with Crippen LogP contribution in [0.1, 0.15) is 39.0 Å². The van der Waals surface area contributed by atoms with Gasteiger partial charge in [-0.2, -0.15) is 5.10 Å². The lowest BCUT2D eigenvalue weighted by atomic mass is 9.83. The predicted octanol–water partition coefficient (Wildman–Crippen LogP) is 2.26. The third kappa shape index (κ3) is 5.78. The Morgan fingerprint density at radius 1 is 1.29 bits per heavy atom. The first-order valence-electron chi connectivity index (χ1n) is 8.20.